The zero-order valence-corrected chi connectivity index (χ0v) is 13.3. The van der Waals surface area contributed by atoms with Gasteiger partial charge in [-0.2, -0.15) is 0 Å². The third-order valence-electron chi connectivity index (χ3n) is 2.70. The minimum Gasteiger partial charge on any atom is -0.467 e. The van der Waals surface area contributed by atoms with Crippen LogP contribution in [0.2, 0.25) is 0 Å². The molecule has 0 bridgehead atoms. The van der Waals surface area contributed by atoms with Gasteiger partial charge in [0.05, 0.1) is 7.11 Å². The summed E-state index contributed by atoms with van der Waals surface area (Å²) in [5, 5.41) is 0. The summed E-state index contributed by atoms with van der Waals surface area (Å²) in [4.78, 5) is 38.8. The van der Waals surface area contributed by atoms with Crippen LogP contribution in [-0.2, 0) is 19.1 Å². The summed E-state index contributed by atoms with van der Waals surface area (Å²) in [5.74, 6) is -1.18. The van der Waals surface area contributed by atoms with Crippen LogP contribution < -0.4 is 0 Å². The van der Waals surface area contributed by atoms with Gasteiger partial charge in [-0.25, -0.2) is 14.5 Å². The summed E-state index contributed by atoms with van der Waals surface area (Å²) in [7, 11) is 4.72. The summed E-state index contributed by atoms with van der Waals surface area (Å²) < 4.78 is 9.85. The molecule has 2 amide bonds. The fourth-order valence-electron chi connectivity index (χ4n) is 1.95. The van der Waals surface area contributed by atoms with Crippen LogP contribution in [0.5, 0.6) is 0 Å². The number of carbonyl (C=O) groups is 3. The van der Waals surface area contributed by atoms with Crippen molar-refractivity contribution in [3.63, 3.8) is 0 Å². The second-order valence-electron chi connectivity index (χ2n) is 6.02. The average Bonchev–Trinajstić information content (AvgIpc) is 2.63. The molecule has 118 valence electrons. The zero-order valence-electron chi connectivity index (χ0n) is 13.3. The number of nitrogens with zero attached hydrogens (tertiary/aromatic N) is 2. The summed E-state index contributed by atoms with van der Waals surface area (Å²) in [5.41, 5.74) is -0.396. The Morgan fingerprint density at radius 3 is 2.33 bits per heavy atom. The first-order chi connectivity index (χ1) is 9.56. The molecule has 1 heterocycles. The second kappa shape index (κ2) is 6.15. The molecule has 1 aliphatic heterocycles. The molecular formula is C14H22N2O5. The average molecular weight is 298 g/mol. The first-order valence-corrected chi connectivity index (χ1v) is 6.58. The Hall–Kier alpha value is -2.05. The van der Waals surface area contributed by atoms with E-state index in [1.165, 1.54) is 7.11 Å². The molecule has 1 atom stereocenters. The van der Waals surface area contributed by atoms with Crippen molar-refractivity contribution in [1.29, 1.82) is 0 Å². The standard InChI is InChI=1S/C14H22N2O5/c1-14(2,3)21-13(19)16-10(12(18)20-6)7-9(11(16)17)8-15(4)5/h8,10H,7H2,1-6H3. The molecular weight excluding hydrogens is 276 g/mol. The number of likely N-dealkylation sites (tertiary alicyclic amines) is 1. The largest absolute Gasteiger partial charge is 0.467 e. The Labute approximate surface area is 124 Å². The fraction of sp³-hybridized carbons (Fsp3) is 0.643. The normalized spacial score (nSPS) is 20.7. The Morgan fingerprint density at radius 2 is 1.90 bits per heavy atom. The number of esters is 1. The van der Waals surface area contributed by atoms with Gasteiger partial charge in [0.15, 0.2) is 0 Å². The predicted molar refractivity (Wildman–Crippen MR) is 75.3 cm³/mol. The van der Waals surface area contributed by atoms with Gasteiger partial charge in [0, 0.05) is 32.3 Å². The molecule has 1 fully saturated rings. The molecule has 7 nitrogen and oxygen atoms in total. The van der Waals surface area contributed by atoms with Crippen LogP contribution in [0.3, 0.4) is 0 Å². The van der Waals surface area contributed by atoms with Crippen LogP contribution in [0.1, 0.15) is 27.2 Å². The monoisotopic (exact) mass is 298 g/mol. The van der Waals surface area contributed by atoms with Crippen LogP contribution >= 0.6 is 0 Å². The molecule has 0 N–H and O–H groups in total. The number of hydrogen-bond donors (Lipinski definition) is 0. The fourth-order valence-corrected chi connectivity index (χ4v) is 1.95. The quantitative estimate of drug-likeness (QED) is 0.562. The summed E-state index contributed by atoms with van der Waals surface area (Å²) in [6.45, 7) is 5.07. The number of rotatable bonds is 2. The van der Waals surface area contributed by atoms with E-state index in [4.69, 9.17) is 4.74 Å². The van der Waals surface area contributed by atoms with Gasteiger partial charge >= 0.3 is 12.1 Å². The zero-order chi connectivity index (χ0) is 16.4. The minimum atomic E-state index is -0.983. The van der Waals surface area contributed by atoms with Gasteiger partial charge in [0.25, 0.3) is 5.91 Å². The van der Waals surface area contributed by atoms with Crippen molar-refractivity contribution in [3.05, 3.63) is 11.8 Å². The number of hydrogen-bond acceptors (Lipinski definition) is 6. The highest BCUT2D eigenvalue weighted by Gasteiger charge is 2.46. The number of methoxy groups -OCH3 is 1. The van der Waals surface area contributed by atoms with E-state index < -0.39 is 29.6 Å². The molecule has 0 aliphatic carbocycles. The highest BCUT2D eigenvalue weighted by molar-refractivity contribution is 6.08. The van der Waals surface area contributed by atoms with Gasteiger partial charge in [0.1, 0.15) is 11.6 Å². The molecule has 0 aromatic carbocycles. The lowest BCUT2D eigenvalue weighted by Crippen LogP contribution is -2.45. The number of ether oxygens (including phenoxy) is 2. The Kier molecular flexibility index (Phi) is 4.98. The Balaban J connectivity index is 3.09. The first-order valence-electron chi connectivity index (χ1n) is 6.58. The maximum absolute atomic E-state index is 12.3. The van der Waals surface area contributed by atoms with Crippen LogP contribution in [0.25, 0.3) is 0 Å². The van der Waals surface area contributed by atoms with Crippen molar-refractivity contribution >= 4 is 18.0 Å². The first kappa shape index (κ1) is 17.0. The molecule has 0 spiro atoms. The van der Waals surface area contributed by atoms with Crippen molar-refractivity contribution in [2.24, 2.45) is 0 Å². The maximum Gasteiger partial charge on any atom is 0.418 e. The SMILES string of the molecule is COC(=O)C1CC(=CN(C)C)C(=O)N1C(=O)OC(C)(C)C. The molecule has 0 radical (unpaired) electrons. The summed E-state index contributed by atoms with van der Waals surface area (Å²) in [6, 6.07) is -0.983. The highest BCUT2D eigenvalue weighted by atomic mass is 16.6. The van der Waals surface area contributed by atoms with Crippen LogP contribution in [0, 0.1) is 0 Å². The Morgan fingerprint density at radius 1 is 1.33 bits per heavy atom. The molecule has 1 unspecified atom stereocenters. The lowest BCUT2D eigenvalue weighted by Gasteiger charge is -2.25. The van der Waals surface area contributed by atoms with E-state index in [1.54, 1.807) is 46.0 Å². The van der Waals surface area contributed by atoms with E-state index in [1.807, 2.05) is 0 Å². The van der Waals surface area contributed by atoms with E-state index in [9.17, 15) is 14.4 Å². The number of carbonyl (C=O) groups excluding carboxylic acids is 3. The molecule has 0 saturated carbocycles. The minimum absolute atomic E-state index is 0.114. The second-order valence-corrected chi connectivity index (χ2v) is 6.02. The van der Waals surface area contributed by atoms with E-state index >= 15 is 0 Å². The molecule has 0 aromatic rings. The van der Waals surface area contributed by atoms with Gasteiger partial charge in [0.2, 0.25) is 0 Å². The van der Waals surface area contributed by atoms with Crippen molar-refractivity contribution in [1.82, 2.24) is 9.80 Å². The predicted octanol–water partition coefficient (Wildman–Crippen LogP) is 1.14. The van der Waals surface area contributed by atoms with Crippen molar-refractivity contribution < 1.29 is 23.9 Å². The third kappa shape index (κ3) is 4.21. The smallest absolute Gasteiger partial charge is 0.418 e. The third-order valence-corrected chi connectivity index (χ3v) is 2.70. The molecule has 21 heavy (non-hydrogen) atoms. The van der Waals surface area contributed by atoms with Crippen molar-refractivity contribution in [3.8, 4) is 0 Å². The summed E-state index contributed by atoms with van der Waals surface area (Å²) >= 11 is 0. The van der Waals surface area contributed by atoms with E-state index in [0.29, 0.717) is 5.57 Å². The van der Waals surface area contributed by atoms with Gasteiger partial charge in [-0.05, 0) is 20.8 Å². The topological polar surface area (TPSA) is 76.2 Å². The van der Waals surface area contributed by atoms with Crippen LogP contribution in [0.4, 0.5) is 4.79 Å². The van der Waals surface area contributed by atoms with E-state index in [0.717, 1.165) is 4.90 Å². The molecule has 7 heteroatoms. The van der Waals surface area contributed by atoms with Crippen molar-refractivity contribution in [2.45, 2.75) is 38.8 Å². The van der Waals surface area contributed by atoms with Gasteiger partial charge in [-0.3, -0.25) is 4.79 Å². The van der Waals surface area contributed by atoms with E-state index in [2.05, 4.69) is 4.74 Å². The number of amides is 2. The highest BCUT2D eigenvalue weighted by Crippen LogP contribution is 2.27. The van der Waals surface area contributed by atoms with Crippen molar-refractivity contribution in [2.75, 3.05) is 21.2 Å². The van der Waals surface area contributed by atoms with Crippen LogP contribution in [0.15, 0.2) is 11.8 Å². The van der Waals surface area contributed by atoms with E-state index in [-0.39, 0.29) is 6.42 Å². The maximum atomic E-state index is 12.3. The lowest BCUT2D eigenvalue weighted by molar-refractivity contribution is -0.148. The molecule has 0 aromatic heterocycles. The molecule has 1 saturated heterocycles. The number of imide groups is 1. The van der Waals surface area contributed by atoms with Gasteiger partial charge in [-0.15, -0.1) is 0 Å². The Bertz CT molecular complexity index is 476. The molecule has 1 aliphatic rings. The van der Waals surface area contributed by atoms with Gasteiger partial charge < -0.3 is 14.4 Å². The molecule has 1 rings (SSSR count). The van der Waals surface area contributed by atoms with Crippen LogP contribution in [-0.4, -0.2) is 60.6 Å². The summed E-state index contributed by atoms with van der Waals surface area (Å²) in [6.07, 6.45) is 0.857. The van der Waals surface area contributed by atoms with Gasteiger partial charge in [-0.1, -0.05) is 0 Å². The lowest BCUT2D eigenvalue weighted by atomic mass is 10.1.